The summed E-state index contributed by atoms with van der Waals surface area (Å²) in [5.74, 6) is 0.470. The number of halogens is 1. The molecule has 29 heavy (non-hydrogen) atoms. The summed E-state index contributed by atoms with van der Waals surface area (Å²) in [6, 6.07) is 12.7. The van der Waals surface area contributed by atoms with E-state index in [9.17, 15) is 9.90 Å². The molecule has 2 aromatic rings. The molecule has 1 unspecified atom stereocenters. The van der Waals surface area contributed by atoms with Gasteiger partial charge in [-0.1, -0.05) is 29.8 Å². The highest BCUT2D eigenvalue weighted by Gasteiger charge is 2.27. The van der Waals surface area contributed by atoms with Crippen LogP contribution >= 0.6 is 11.6 Å². The Morgan fingerprint density at radius 2 is 2.10 bits per heavy atom. The summed E-state index contributed by atoms with van der Waals surface area (Å²) in [6.07, 6.45) is -0.956. The zero-order valence-corrected chi connectivity index (χ0v) is 16.8. The maximum absolute atomic E-state index is 11.0. The molecule has 8 heteroatoms. The third-order valence-corrected chi connectivity index (χ3v) is 4.77. The molecule has 0 spiro atoms. The van der Waals surface area contributed by atoms with Crippen molar-refractivity contribution in [2.24, 2.45) is 0 Å². The average Bonchev–Trinajstić information content (AvgIpc) is 2.71. The van der Waals surface area contributed by atoms with Crippen LogP contribution in [0.4, 0.5) is 0 Å². The van der Waals surface area contributed by atoms with Crippen molar-refractivity contribution in [2.45, 2.75) is 31.6 Å². The standard InChI is InChI=1S/C21H24ClNO6/c1-13(23-10-15(24)11-27-17-5-3-2-4-16(17)22)8-14-6-7-18-19(9-14)28-12-20(29-18)21(25)26/h2-7,9,13,15,20,23-24H,8,10-12H2,1H3,(H,25,26)/t13-,15+,20?/m1/s1. The Kier molecular flexibility index (Phi) is 7.19. The number of carboxylic acids is 1. The molecular formula is C21H24ClNO6. The van der Waals surface area contributed by atoms with Crippen LogP contribution in [0, 0.1) is 0 Å². The number of aliphatic hydroxyl groups is 1. The van der Waals surface area contributed by atoms with Crippen LogP contribution in [0.1, 0.15) is 12.5 Å². The van der Waals surface area contributed by atoms with Crippen LogP contribution in [-0.2, 0) is 11.2 Å². The summed E-state index contributed by atoms with van der Waals surface area (Å²) >= 11 is 6.03. The third kappa shape index (κ3) is 6.00. The van der Waals surface area contributed by atoms with E-state index < -0.39 is 18.2 Å². The number of hydrogen-bond donors (Lipinski definition) is 3. The fraction of sp³-hybridized carbons (Fsp3) is 0.381. The molecule has 2 aromatic carbocycles. The van der Waals surface area contributed by atoms with Crippen LogP contribution in [0.15, 0.2) is 42.5 Å². The van der Waals surface area contributed by atoms with Gasteiger partial charge in [-0.2, -0.15) is 0 Å². The lowest BCUT2D eigenvalue weighted by Crippen LogP contribution is -2.37. The van der Waals surface area contributed by atoms with Crippen molar-refractivity contribution in [3.8, 4) is 17.2 Å². The second-order valence-corrected chi connectivity index (χ2v) is 7.35. The van der Waals surface area contributed by atoms with E-state index in [2.05, 4.69) is 5.32 Å². The number of aliphatic hydroxyl groups excluding tert-OH is 1. The van der Waals surface area contributed by atoms with Gasteiger partial charge in [0.15, 0.2) is 11.5 Å². The first-order valence-corrected chi connectivity index (χ1v) is 9.74. The fourth-order valence-electron chi connectivity index (χ4n) is 2.93. The first kappa shape index (κ1) is 21.2. The van der Waals surface area contributed by atoms with E-state index in [1.807, 2.05) is 31.2 Å². The summed E-state index contributed by atoms with van der Waals surface area (Å²) in [6.45, 7) is 2.50. The summed E-state index contributed by atoms with van der Waals surface area (Å²) in [7, 11) is 0. The molecule has 0 radical (unpaired) electrons. The predicted octanol–water partition coefficient (Wildman–Crippen LogP) is 2.52. The molecule has 1 aliphatic rings. The van der Waals surface area contributed by atoms with Gasteiger partial charge in [0, 0.05) is 12.6 Å². The lowest BCUT2D eigenvalue weighted by molar-refractivity contribution is -0.147. The summed E-state index contributed by atoms with van der Waals surface area (Å²) in [5.41, 5.74) is 1.02. The van der Waals surface area contributed by atoms with E-state index in [1.54, 1.807) is 18.2 Å². The van der Waals surface area contributed by atoms with Crippen LogP contribution in [0.5, 0.6) is 17.2 Å². The van der Waals surface area contributed by atoms with Crippen LogP contribution in [-0.4, -0.2) is 54.2 Å². The average molecular weight is 422 g/mol. The van der Waals surface area contributed by atoms with Gasteiger partial charge in [-0.05, 0) is 43.2 Å². The van der Waals surface area contributed by atoms with Gasteiger partial charge in [-0.15, -0.1) is 0 Å². The smallest absolute Gasteiger partial charge is 0.348 e. The van der Waals surface area contributed by atoms with Crippen LogP contribution in [0.3, 0.4) is 0 Å². The number of para-hydroxylation sites is 1. The van der Waals surface area contributed by atoms with Crippen LogP contribution in [0.25, 0.3) is 0 Å². The molecule has 7 nitrogen and oxygen atoms in total. The second kappa shape index (κ2) is 9.82. The molecule has 3 rings (SSSR count). The molecular weight excluding hydrogens is 398 g/mol. The minimum absolute atomic E-state index is 0.0167. The number of carbonyl (C=O) groups is 1. The van der Waals surface area contributed by atoms with Crippen molar-refractivity contribution in [2.75, 3.05) is 19.8 Å². The van der Waals surface area contributed by atoms with Gasteiger partial charge in [0.2, 0.25) is 6.10 Å². The molecule has 1 aliphatic heterocycles. The number of carboxylic acid groups (broad SMARTS) is 1. The lowest BCUT2D eigenvalue weighted by Gasteiger charge is -2.24. The van der Waals surface area contributed by atoms with Gasteiger partial charge in [-0.25, -0.2) is 4.79 Å². The van der Waals surface area contributed by atoms with Gasteiger partial charge in [0.1, 0.15) is 25.1 Å². The molecule has 0 fully saturated rings. The van der Waals surface area contributed by atoms with Gasteiger partial charge in [0.25, 0.3) is 0 Å². The van der Waals surface area contributed by atoms with E-state index in [-0.39, 0.29) is 19.3 Å². The first-order chi connectivity index (χ1) is 13.9. The second-order valence-electron chi connectivity index (χ2n) is 6.95. The zero-order chi connectivity index (χ0) is 20.8. The minimum Gasteiger partial charge on any atom is -0.489 e. The summed E-state index contributed by atoms with van der Waals surface area (Å²) in [4.78, 5) is 11.0. The van der Waals surface area contributed by atoms with Crippen molar-refractivity contribution in [3.63, 3.8) is 0 Å². The molecule has 0 bridgehead atoms. The topological polar surface area (TPSA) is 97.3 Å². The van der Waals surface area contributed by atoms with E-state index in [0.717, 1.165) is 5.56 Å². The van der Waals surface area contributed by atoms with Crippen molar-refractivity contribution >= 4 is 17.6 Å². The van der Waals surface area contributed by atoms with Crippen molar-refractivity contribution in [1.29, 1.82) is 0 Å². The van der Waals surface area contributed by atoms with Gasteiger partial charge >= 0.3 is 5.97 Å². The van der Waals surface area contributed by atoms with Crippen molar-refractivity contribution in [1.82, 2.24) is 5.32 Å². The Hall–Kier alpha value is -2.48. The highest BCUT2D eigenvalue weighted by molar-refractivity contribution is 6.32. The Labute approximate surface area is 174 Å². The highest BCUT2D eigenvalue weighted by atomic mass is 35.5. The Morgan fingerprint density at radius 1 is 1.31 bits per heavy atom. The Bertz CT molecular complexity index is 846. The number of nitrogens with one attached hydrogen (secondary N) is 1. The van der Waals surface area contributed by atoms with Gasteiger partial charge < -0.3 is 29.7 Å². The summed E-state index contributed by atoms with van der Waals surface area (Å²) < 4.78 is 16.5. The van der Waals surface area contributed by atoms with E-state index in [0.29, 0.717) is 35.2 Å². The molecule has 0 saturated carbocycles. The number of rotatable bonds is 9. The minimum atomic E-state index is -1.05. The number of fused-ring (bicyclic) bond motifs is 1. The number of aliphatic carboxylic acids is 1. The first-order valence-electron chi connectivity index (χ1n) is 9.36. The lowest BCUT2D eigenvalue weighted by atomic mass is 10.1. The fourth-order valence-corrected chi connectivity index (χ4v) is 3.12. The van der Waals surface area contributed by atoms with E-state index in [4.69, 9.17) is 30.9 Å². The molecule has 156 valence electrons. The summed E-state index contributed by atoms with van der Waals surface area (Å²) in [5, 5.41) is 22.9. The molecule has 3 atom stereocenters. The van der Waals surface area contributed by atoms with Crippen LogP contribution in [0.2, 0.25) is 5.02 Å². The largest absolute Gasteiger partial charge is 0.489 e. The van der Waals surface area contributed by atoms with E-state index >= 15 is 0 Å². The highest BCUT2D eigenvalue weighted by Crippen LogP contribution is 2.33. The third-order valence-electron chi connectivity index (χ3n) is 4.45. The van der Waals surface area contributed by atoms with Crippen molar-refractivity contribution < 1.29 is 29.2 Å². The Balaban J connectivity index is 1.44. The SMILES string of the molecule is C[C@H](Cc1ccc2c(c1)OCC(C(=O)O)O2)NC[C@H](O)COc1ccccc1Cl. The van der Waals surface area contributed by atoms with Gasteiger partial charge in [0.05, 0.1) is 5.02 Å². The maximum Gasteiger partial charge on any atom is 0.348 e. The van der Waals surface area contributed by atoms with Gasteiger partial charge in [-0.3, -0.25) is 0 Å². The van der Waals surface area contributed by atoms with Crippen LogP contribution < -0.4 is 19.5 Å². The van der Waals surface area contributed by atoms with E-state index in [1.165, 1.54) is 0 Å². The monoisotopic (exact) mass is 421 g/mol. The quantitative estimate of drug-likeness (QED) is 0.572. The molecule has 0 aromatic heterocycles. The number of hydrogen-bond acceptors (Lipinski definition) is 6. The molecule has 1 heterocycles. The Morgan fingerprint density at radius 3 is 2.86 bits per heavy atom. The molecule has 3 N–H and O–H groups in total. The number of ether oxygens (including phenoxy) is 3. The normalized spacial score (nSPS) is 17.4. The molecule has 0 aliphatic carbocycles. The molecule has 0 saturated heterocycles. The number of benzene rings is 2. The predicted molar refractivity (Wildman–Crippen MR) is 108 cm³/mol. The zero-order valence-electron chi connectivity index (χ0n) is 16.0. The van der Waals surface area contributed by atoms with Crippen molar-refractivity contribution in [3.05, 3.63) is 53.1 Å². The maximum atomic E-state index is 11.0. The molecule has 0 amide bonds.